The maximum atomic E-state index is 12.1. The van der Waals surface area contributed by atoms with Gasteiger partial charge in [0.15, 0.2) is 5.43 Å². The van der Waals surface area contributed by atoms with Gasteiger partial charge in [-0.1, -0.05) is 18.2 Å². The number of nitrogens with two attached hydrogens (primary N) is 1. The Bertz CT molecular complexity index is 853. The van der Waals surface area contributed by atoms with Crippen molar-refractivity contribution < 1.29 is 4.74 Å². The number of anilines is 1. The van der Waals surface area contributed by atoms with Crippen molar-refractivity contribution in [1.82, 2.24) is 4.98 Å². The molecule has 0 aliphatic heterocycles. The van der Waals surface area contributed by atoms with Crippen LogP contribution in [0, 0.1) is 6.92 Å². The lowest BCUT2D eigenvalue weighted by atomic mass is 10.2. The predicted molar refractivity (Wildman–Crippen MR) is 84.5 cm³/mol. The second-order valence-electron chi connectivity index (χ2n) is 5.02. The second kappa shape index (κ2) is 5.32. The van der Waals surface area contributed by atoms with Crippen LogP contribution in [0.2, 0.25) is 0 Å². The number of rotatable bonds is 3. The van der Waals surface area contributed by atoms with E-state index in [2.05, 4.69) is 4.98 Å². The van der Waals surface area contributed by atoms with Crippen molar-refractivity contribution in [3.05, 3.63) is 70.0 Å². The van der Waals surface area contributed by atoms with Crippen LogP contribution in [0.3, 0.4) is 0 Å². The lowest BCUT2D eigenvalue weighted by Crippen LogP contribution is -2.08. The van der Waals surface area contributed by atoms with E-state index in [1.807, 2.05) is 37.3 Å². The summed E-state index contributed by atoms with van der Waals surface area (Å²) in [6, 6.07) is 14.6. The number of hydrogen-bond acceptors (Lipinski definition) is 3. The molecule has 0 amide bonds. The molecule has 0 saturated heterocycles. The molecule has 0 bridgehead atoms. The van der Waals surface area contributed by atoms with Crippen molar-refractivity contribution >= 4 is 16.6 Å². The average molecular weight is 280 g/mol. The molecule has 3 aromatic rings. The van der Waals surface area contributed by atoms with Gasteiger partial charge in [0, 0.05) is 22.7 Å². The molecule has 3 N–H and O–H groups in total. The molecular formula is C17H16N2O2. The molecular weight excluding hydrogens is 264 g/mol. The monoisotopic (exact) mass is 280 g/mol. The second-order valence-corrected chi connectivity index (χ2v) is 5.02. The first-order valence-corrected chi connectivity index (χ1v) is 6.73. The molecule has 1 heterocycles. The third kappa shape index (κ3) is 2.74. The molecule has 0 aliphatic carbocycles. The van der Waals surface area contributed by atoms with Crippen LogP contribution in [0.1, 0.15) is 11.3 Å². The summed E-state index contributed by atoms with van der Waals surface area (Å²) in [7, 11) is 0. The highest BCUT2D eigenvalue weighted by Gasteiger charge is 2.04. The van der Waals surface area contributed by atoms with Crippen molar-refractivity contribution in [2.75, 3.05) is 5.73 Å². The lowest BCUT2D eigenvalue weighted by Gasteiger charge is -2.09. The number of ether oxygens (including phenoxy) is 1. The molecule has 106 valence electrons. The van der Waals surface area contributed by atoms with Gasteiger partial charge in [-0.05, 0) is 36.8 Å². The fourth-order valence-corrected chi connectivity index (χ4v) is 2.27. The molecule has 0 spiro atoms. The first kappa shape index (κ1) is 13.2. The van der Waals surface area contributed by atoms with E-state index in [-0.39, 0.29) is 5.43 Å². The molecule has 1 aromatic heterocycles. The first-order valence-electron chi connectivity index (χ1n) is 6.73. The third-order valence-electron chi connectivity index (χ3n) is 3.39. The van der Waals surface area contributed by atoms with E-state index >= 15 is 0 Å². The number of fused-ring (bicyclic) bond motifs is 1. The smallest absolute Gasteiger partial charge is 0.189 e. The van der Waals surface area contributed by atoms with Gasteiger partial charge in [0.1, 0.15) is 12.4 Å². The fraction of sp³-hybridized carbons (Fsp3) is 0.118. The van der Waals surface area contributed by atoms with Gasteiger partial charge >= 0.3 is 0 Å². The molecule has 0 radical (unpaired) electrons. The van der Waals surface area contributed by atoms with Crippen LogP contribution in [0.15, 0.2) is 53.3 Å². The summed E-state index contributed by atoms with van der Waals surface area (Å²) >= 11 is 0. The Morgan fingerprint density at radius 1 is 1.14 bits per heavy atom. The van der Waals surface area contributed by atoms with Gasteiger partial charge in [0.25, 0.3) is 0 Å². The van der Waals surface area contributed by atoms with Crippen LogP contribution in [-0.2, 0) is 6.61 Å². The standard InChI is InChI=1S/C17H16N2O2/c1-11-4-2-3-5-17(11)21-10-13-9-16(20)14-8-12(18)6-7-15(14)19-13/h2-9H,10,18H2,1H3,(H,19,20). The highest BCUT2D eigenvalue weighted by molar-refractivity contribution is 5.81. The molecule has 0 fully saturated rings. The summed E-state index contributed by atoms with van der Waals surface area (Å²) in [4.78, 5) is 15.3. The number of aromatic nitrogens is 1. The molecule has 2 aromatic carbocycles. The van der Waals surface area contributed by atoms with E-state index in [0.717, 1.165) is 22.5 Å². The van der Waals surface area contributed by atoms with Crippen LogP contribution in [-0.4, -0.2) is 4.98 Å². The minimum Gasteiger partial charge on any atom is -0.487 e. The van der Waals surface area contributed by atoms with Crippen LogP contribution >= 0.6 is 0 Å². The van der Waals surface area contributed by atoms with Gasteiger partial charge in [-0.3, -0.25) is 4.79 Å². The number of H-pyrrole nitrogens is 1. The Kier molecular flexibility index (Phi) is 3.36. The van der Waals surface area contributed by atoms with E-state index in [1.54, 1.807) is 18.2 Å². The summed E-state index contributed by atoms with van der Waals surface area (Å²) in [6.07, 6.45) is 0. The molecule has 0 unspecified atom stereocenters. The largest absolute Gasteiger partial charge is 0.487 e. The Morgan fingerprint density at radius 2 is 1.95 bits per heavy atom. The van der Waals surface area contributed by atoms with Gasteiger partial charge in [-0.25, -0.2) is 0 Å². The number of hydrogen-bond donors (Lipinski definition) is 2. The van der Waals surface area contributed by atoms with E-state index < -0.39 is 0 Å². The normalized spacial score (nSPS) is 10.7. The quantitative estimate of drug-likeness (QED) is 0.725. The van der Waals surface area contributed by atoms with Gasteiger partial charge < -0.3 is 15.5 Å². The van der Waals surface area contributed by atoms with E-state index in [9.17, 15) is 4.79 Å². The summed E-state index contributed by atoms with van der Waals surface area (Å²) in [5, 5.41) is 0.592. The summed E-state index contributed by atoms with van der Waals surface area (Å²) in [6.45, 7) is 2.31. The summed E-state index contributed by atoms with van der Waals surface area (Å²) < 4.78 is 5.76. The van der Waals surface area contributed by atoms with Crippen molar-refractivity contribution in [3.8, 4) is 5.75 Å². The average Bonchev–Trinajstić information content (AvgIpc) is 2.47. The van der Waals surface area contributed by atoms with Gasteiger partial charge in [-0.15, -0.1) is 0 Å². The number of para-hydroxylation sites is 1. The van der Waals surface area contributed by atoms with Crippen molar-refractivity contribution in [1.29, 1.82) is 0 Å². The van der Waals surface area contributed by atoms with E-state index in [1.165, 1.54) is 0 Å². The van der Waals surface area contributed by atoms with Crippen LogP contribution < -0.4 is 15.9 Å². The zero-order chi connectivity index (χ0) is 14.8. The maximum absolute atomic E-state index is 12.1. The molecule has 3 rings (SSSR count). The van der Waals surface area contributed by atoms with Gasteiger partial charge in [0.2, 0.25) is 0 Å². The van der Waals surface area contributed by atoms with E-state index in [0.29, 0.717) is 17.7 Å². The zero-order valence-corrected chi connectivity index (χ0v) is 11.7. The number of benzene rings is 2. The van der Waals surface area contributed by atoms with Gasteiger partial charge in [-0.2, -0.15) is 0 Å². The summed E-state index contributed by atoms with van der Waals surface area (Å²) in [5.74, 6) is 0.816. The maximum Gasteiger partial charge on any atom is 0.189 e. The highest BCUT2D eigenvalue weighted by atomic mass is 16.5. The minimum absolute atomic E-state index is 0.0561. The van der Waals surface area contributed by atoms with Gasteiger partial charge in [0.05, 0.1) is 5.69 Å². The number of aromatic amines is 1. The minimum atomic E-state index is -0.0561. The Morgan fingerprint density at radius 3 is 2.76 bits per heavy atom. The SMILES string of the molecule is Cc1ccccc1OCc1cc(=O)c2cc(N)ccc2[nH]1. The van der Waals surface area contributed by atoms with Crippen molar-refractivity contribution in [2.24, 2.45) is 0 Å². The first-order chi connectivity index (χ1) is 10.1. The molecule has 4 nitrogen and oxygen atoms in total. The summed E-state index contributed by atoms with van der Waals surface area (Å²) in [5.41, 5.74) is 8.79. The molecule has 21 heavy (non-hydrogen) atoms. The van der Waals surface area contributed by atoms with Crippen LogP contribution in [0.25, 0.3) is 10.9 Å². The van der Waals surface area contributed by atoms with Crippen LogP contribution in [0.4, 0.5) is 5.69 Å². The number of pyridine rings is 1. The van der Waals surface area contributed by atoms with Crippen molar-refractivity contribution in [3.63, 3.8) is 0 Å². The Labute approximate surface area is 122 Å². The lowest BCUT2D eigenvalue weighted by molar-refractivity contribution is 0.299. The number of nitrogen functional groups attached to an aromatic ring is 1. The molecule has 0 atom stereocenters. The highest BCUT2D eigenvalue weighted by Crippen LogP contribution is 2.18. The van der Waals surface area contributed by atoms with E-state index in [4.69, 9.17) is 10.5 Å². The van der Waals surface area contributed by atoms with Crippen molar-refractivity contribution in [2.45, 2.75) is 13.5 Å². The third-order valence-corrected chi connectivity index (χ3v) is 3.39. The topological polar surface area (TPSA) is 68.1 Å². The Hall–Kier alpha value is -2.75. The molecule has 0 saturated carbocycles. The number of aryl methyl sites for hydroxylation is 1. The Balaban J connectivity index is 1.90. The van der Waals surface area contributed by atoms with Crippen LogP contribution in [0.5, 0.6) is 5.75 Å². The molecule has 0 aliphatic rings. The zero-order valence-electron chi connectivity index (χ0n) is 11.7. The predicted octanol–water partition coefficient (Wildman–Crippen LogP) is 3.00. The number of nitrogens with one attached hydrogen (secondary N) is 1. The fourth-order valence-electron chi connectivity index (χ4n) is 2.27. The molecule has 4 heteroatoms.